The number of imide groups is 1. The Bertz CT molecular complexity index is 1050. The molecule has 2 rings (SSSR count). The van der Waals surface area contributed by atoms with Crippen LogP contribution >= 0.6 is 45.8 Å². The van der Waals surface area contributed by atoms with Crippen molar-refractivity contribution < 1.29 is 24.0 Å². The van der Waals surface area contributed by atoms with Gasteiger partial charge in [0.25, 0.3) is 11.8 Å². The number of rotatable bonds is 13. The Hall–Kier alpha value is -2.18. The van der Waals surface area contributed by atoms with Crippen LogP contribution in [0.2, 0.25) is 10.0 Å². The number of carbonyl (C=O) groups excluding carboxylic acids is 5. The Morgan fingerprint density at radius 1 is 1.00 bits per heavy atom. The summed E-state index contributed by atoms with van der Waals surface area (Å²) in [7, 11) is 0. The first-order chi connectivity index (χ1) is 17.4. The first kappa shape index (κ1) is 31.0. The molecule has 1 aliphatic rings. The van der Waals surface area contributed by atoms with Crippen LogP contribution in [0.5, 0.6) is 0 Å². The van der Waals surface area contributed by atoms with E-state index in [2.05, 4.69) is 33.2 Å². The molecule has 1 aromatic rings. The summed E-state index contributed by atoms with van der Waals surface area (Å²) in [5.74, 6) is -4.09. The van der Waals surface area contributed by atoms with Crippen molar-refractivity contribution in [2.45, 2.75) is 50.5 Å². The summed E-state index contributed by atoms with van der Waals surface area (Å²) in [6, 6.07) is 2.27. The second-order valence-electron chi connectivity index (χ2n) is 9.21. The van der Waals surface area contributed by atoms with Gasteiger partial charge in [-0.25, -0.2) is 0 Å². The smallest absolute Gasteiger partial charge is 0.253 e. The third-order valence-electron chi connectivity index (χ3n) is 6.16. The number of alkyl halides is 1. The molecule has 0 saturated carbocycles. The van der Waals surface area contributed by atoms with E-state index in [0.717, 1.165) is 10.5 Å². The number of nitrogens with one attached hydrogen (secondary N) is 2. The van der Waals surface area contributed by atoms with Gasteiger partial charge in [-0.2, -0.15) is 0 Å². The lowest BCUT2D eigenvalue weighted by Crippen LogP contribution is -2.48. The van der Waals surface area contributed by atoms with Crippen LogP contribution in [0, 0.1) is 17.8 Å². The van der Waals surface area contributed by atoms with E-state index < -0.39 is 35.6 Å². The van der Waals surface area contributed by atoms with Crippen molar-refractivity contribution >= 4 is 81.0 Å². The number of nitrogens with two attached hydrogens (primary N) is 1. The van der Waals surface area contributed by atoms with Crippen LogP contribution < -0.4 is 16.4 Å². The van der Waals surface area contributed by atoms with Crippen molar-refractivity contribution in [1.82, 2.24) is 10.2 Å². The molecule has 1 aliphatic heterocycles. The Kier molecular flexibility index (Phi) is 11.8. The molecule has 37 heavy (non-hydrogen) atoms. The summed E-state index contributed by atoms with van der Waals surface area (Å²) in [5.41, 5.74) is 6.81. The van der Waals surface area contributed by atoms with Crippen LogP contribution in [0.25, 0.3) is 0 Å². The molecule has 5 amide bonds. The normalized spacial score (nSPS) is 15.6. The average Bonchev–Trinajstić information content (AvgIpc) is 3.12. The zero-order valence-electron chi connectivity index (χ0n) is 20.9. The highest BCUT2D eigenvalue weighted by Crippen LogP contribution is 2.31. The van der Waals surface area contributed by atoms with Crippen molar-refractivity contribution in [2.24, 2.45) is 23.5 Å². The summed E-state index contributed by atoms with van der Waals surface area (Å²) in [6.07, 6.45) is 3.68. The van der Waals surface area contributed by atoms with E-state index in [1.54, 1.807) is 26.0 Å². The number of anilines is 1. The molecular formula is C25H31Cl2IN4O5. The Labute approximate surface area is 240 Å². The summed E-state index contributed by atoms with van der Waals surface area (Å²) in [5, 5.41) is 6.23. The second-order valence-corrected chi connectivity index (χ2v) is 10.8. The molecule has 1 heterocycles. The molecule has 0 bridgehead atoms. The minimum Gasteiger partial charge on any atom is -0.369 e. The minimum absolute atomic E-state index is 0.221. The van der Waals surface area contributed by atoms with Crippen LogP contribution in [0.15, 0.2) is 24.3 Å². The molecule has 1 aromatic carbocycles. The number of nitrogens with zero attached hydrogens (tertiary/aromatic N) is 1. The highest BCUT2D eigenvalue weighted by molar-refractivity contribution is 14.1. The number of primary amides is 1. The molecular weight excluding hydrogens is 634 g/mol. The lowest BCUT2D eigenvalue weighted by Gasteiger charge is -2.28. The van der Waals surface area contributed by atoms with Gasteiger partial charge in [-0.05, 0) is 43.4 Å². The molecule has 0 spiro atoms. The van der Waals surface area contributed by atoms with E-state index in [1.807, 2.05) is 0 Å². The predicted molar refractivity (Wildman–Crippen MR) is 151 cm³/mol. The highest BCUT2D eigenvalue weighted by Gasteiger charge is 2.35. The highest BCUT2D eigenvalue weighted by atomic mass is 127. The molecule has 0 saturated heterocycles. The number of amides is 5. The van der Waals surface area contributed by atoms with E-state index in [0.29, 0.717) is 39.4 Å². The molecule has 3 atom stereocenters. The Morgan fingerprint density at radius 2 is 1.57 bits per heavy atom. The van der Waals surface area contributed by atoms with Crippen molar-refractivity contribution in [1.29, 1.82) is 0 Å². The van der Waals surface area contributed by atoms with Gasteiger partial charge in [0.2, 0.25) is 17.7 Å². The van der Waals surface area contributed by atoms with Gasteiger partial charge < -0.3 is 16.4 Å². The minimum atomic E-state index is -0.913. The monoisotopic (exact) mass is 664 g/mol. The van der Waals surface area contributed by atoms with Gasteiger partial charge in [0.15, 0.2) is 0 Å². The standard InChI is InChI=1S/C25H31Cl2IN4O5/c1-13(2)22(16(23(29)35)6-4-5-9-32-20(33)7-8-21(32)34)25(37)30-14(3)24(36)31-15-10-18(26)17(12-28)19(27)11-15/h7-8,10-11,13-14,16,22H,4-6,9,12H2,1-3H3,(H2,29,35)(H,30,37)(H,31,36)/t14-,16?,22-/m0/s1. The number of hydrogen-bond acceptors (Lipinski definition) is 5. The molecule has 1 unspecified atom stereocenters. The molecule has 0 fully saturated rings. The molecule has 4 N–H and O–H groups in total. The van der Waals surface area contributed by atoms with Crippen LogP contribution in [0.4, 0.5) is 5.69 Å². The third-order valence-corrected chi connectivity index (χ3v) is 7.60. The predicted octanol–water partition coefficient (Wildman–Crippen LogP) is 3.84. The first-order valence-electron chi connectivity index (χ1n) is 11.8. The van der Waals surface area contributed by atoms with Crippen molar-refractivity contribution in [3.05, 3.63) is 39.9 Å². The van der Waals surface area contributed by atoms with Crippen LogP contribution in [-0.4, -0.2) is 47.0 Å². The van der Waals surface area contributed by atoms with E-state index in [1.165, 1.54) is 19.1 Å². The van der Waals surface area contributed by atoms with E-state index in [9.17, 15) is 24.0 Å². The fraction of sp³-hybridized carbons (Fsp3) is 0.480. The van der Waals surface area contributed by atoms with Gasteiger partial charge in [0.05, 0.1) is 5.92 Å². The number of unbranched alkanes of at least 4 members (excludes halogenated alkanes) is 1. The van der Waals surface area contributed by atoms with Crippen LogP contribution in [0.1, 0.15) is 45.6 Å². The van der Waals surface area contributed by atoms with Gasteiger partial charge in [0, 0.05) is 44.8 Å². The Morgan fingerprint density at radius 3 is 2.05 bits per heavy atom. The van der Waals surface area contributed by atoms with E-state index >= 15 is 0 Å². The molecule has 0 aromatic heterocycles. The summed E-state index contributed by atoms with van der Waals surface area (Å²) >= 11 is 14.6. The zero-order valence-corrected chi connectivity index (χ0v) is 24.5. The molecule has 202 valence electrons. The van der Waals surface area contributed by atoms with E-state index in [-0.39, 0.29) is 24.3 Å². The van der Waals surface area contributed by atoms with Gasteiger partial charge >= 0.3 is 0 Å². The summed E-state index contributed by atoms with van der Waals surface area (Å²) in [6.45, 7) is 5.36. The van der Waals surface area contributed by atoms with Crippen molar-refractivity contribution in [3.63, 3.8) is 0 Å². The maximum atomic E-state index is 13.2. The number of benzene rings is 1. The van der Waals surface area contributed by atoms with Gasteiger partial charge in [-0.1, -0.05) is 66.1 Å². The topological polar surface area (TPSA) is 139 Å². The van der Waals surface area contributed by atoms with Gasteiger partial charge in [0.1, 0.15) is 6.04 Å². The van der Waals surface area contributed by atoms with Gasteiger partial charge in [-0.15, -0.1) is 0 Å². The average molecular weight is 665 g/mol. The third kappa shape index (κ3) is 8.41. The summed E-state index contributed by atoms with van der Waals surface area (Å²) in [4.78, 5) is 62.7. The van der Waals surface area contributed by atoms with Crippen LogP contribution in [0.3, 0.4) is 0 Å². The van der Waals surface area contributed by atoms with Gasteiger partial charge in [-0.3, -0.25) is 28.9 Å². The maximum Gasteiger partial charge on any atom is 0.253 e. The first-order valence-corrected chi connectivity index (χ1v) is 14.1. The van der Waals surface area contributed by atoms with Crippen molar-refractivity contribution in [3.8, 4) is 0 Å². The molecule has 0 radical (unpaired) electrons. The Balaban J connectivity index is 2.00. The lowest BCUT2D eigenvalue weighted by atomic mass is 9.79. The molecule has 0 aliphatic carbocycles. The second kappa shape index (κ2) is 14.1. The van der Waals surface area contributed by atoms with E-state index in [4.69, 9.17) is 28.9 Å². The molecule has 9 nitrogen and oxygen atoms in total. The maximum absolute atomic E-state index is 13.2. The fourth-order valence-corrected chi connectivity index (χ4v) is 6.06. The quantitative estimate of drug-likeness (QED) is 0.127. The molecule has 12 heteroatoms. The van der Waals surface area contributed by atoms with Crippen molar-refractivity contribution in [2.75, 3.05) is 11.9 Å². The fourth-order valence-electron chi connectivity index (χ4n) is 4.16. The number of hydrogen-bond donors (Lipinski definition) is 3. The number of carbonyl (C=O) groups is 5. The SMILES string of the molecule is CC(C)[C@H](C(=O)N[C@@H](C)C(=O)Nc1cc(Cl)c(CI)c(Cl)c1)C(CCCCN1C(=O)C=CC1=O)C(N)=O. The number of halogens is 3. The zero-order chi connectivity index (χ0) is 27.9. The lowest BCUT2D eigenvalue weighted by molar-refractivity contribution is -0.137. The largest absolute Gasteiger partial charge is 0.369 e. The van der Waals surface area contributed by atoms with Crippen LogP contribution in [-0.2, 0) is 28.4 Å². The summed E-state index contributed by atoms with van der Waals surface area (Å²) < 4.78 is 0.611.